The summed E-state index contributed by atoms with van der Waals surface area (Å²) >= 11 is 5.78. The standard InChI is InChI=1S/C20H11ClF8N2O2/c21-12-7-11(19(26,17(22)23)20(27,28)29)8-14(33-18(24)25)15(12)31-16(32)10-3-4-13-9(6-10)2-1-5-30-13/h1-8,17-18H,(H,31,32). The number of anilines is 1. The highest BCUT2D eigenvalue weighted by Gasteiger charge is 2.64. The van der Waals surface area contributed by atoms with Crippen LogP contribution in [0.3, 0.4) is 0 Å². The average Bonchev–Trinajstić information content (AvgIpc) is 2.73. The molecule has 0 aliphatic heterocycles. The fraction of sp³-hybridized carbons (Fsp3) is 0.200. The predicted octanol–water partition coefficient (Wildman–Crippen LogP) is 6.73. The number of halogens is 9. The lowest BCUT2D eigenvalue weighted by molar-refractivity contribution is -0.274. The number of alkyl halides is 8. The maximum Gasteiger partial charge on any atom is 0.432 e. The second-order valence-electron chi connectivity index (χ2n) is 6.58. The predicted molar refractivity (Wildman–Crippen MR) is 103 cm³/mol. The van der Waals surface area contributed by atoms with Gasteiger partial charge in [-0.3, -0.25) is 9.78 Å². The van der Waals surface area contributed by atoms with Gasteiger partial charge in [-0.05, 0) is 36.4 Å². The molecule has 0 saturated carbocycles. The summed E-state index contributed by atoms with van der Waals surface area (Å²) in [6.07, 6.45) is -9.22. The van der Waals surface area contributed by atoms with Gasteiger partial charge in [-0.25, -0.2) is 13.2 Å². The zero-order chi connectivity index (χ0) is 24.6. The molecule has 3 rings (SSSR count). The molecule has 2 aromatic carbocycles. The molecule has 1 atom stereocenters. The molecule has 3 aromatic rings. The van der Waals surface area contributed by atoms with E-state index in [9.17, 15) is 39.9 Å². The van der Waals surface area contributed by atoms with Crippen LogP contribution in [0.2, 0.25) is 5.02 Å². The Hall–Kier alpha value is -3.15. The lowest BCUT2D eigenvalue weighted by Gasteiger charge is -2.28. The van der Waals surface area contributed by atoms with E-state index in [1.165, 1.54) is 24.4 Å². The highest BCUT2D eigenvalue weighted by atomic mass is 35.5. The van der Waals surface area contributed by atoms with Gasteiger partial charge in [0.15, 0.2) is 5.75 Å². The molecule has 33 heavy (non-hydrogen) atoms. The van der Waals surface area contributed by atoms with E-state index in [1.807, 2.05) is 0 Å². The lowest BCUT2D eigenvalue weighted by atomic mass is 9.94. The summed E-state index contributed by atoms with van der Waals surface area (Å²) in [6.45, 7) is -3.66. The molecule has 0 aliphatic rings. The number of amides is 1. The molecule has 1 unspecified atom stereocenters. The quantitative estimate of drug-likeness (QED) is 0.383. The Balaban J connectivity index is 2.06. The molecule has 0 fully saturated rings. The van der Waals surface area contributed by atoms with Crippen LogP contribution in [0.15, 0.2) is 48.7 Å². The van der Waals surface area contributed by atoms with E-state index in [2.05, 4.69) is 15.0 Å². The summed E-state index contributed by atoms with van der Waals surface area (Å²) in [5, 5.41) is 1.66. The molecule has 1 heterocycles. The van der Waals surface area contributed by atoms with Crippen LogP contribution in [-0.4, -0.2) is 30.1 Å². The van der Waals surface area contributed by atoms with Gasteiger partial charge in [0.25, 0.3) is 18.0 Å². The SMILES string of the molecule is O=C(Nc1c(Cl)cc(C(F)(C(F)F)C(F)(F)F)cc1OC(F)F)c1ccc2ncccc2c1. The van der Waals surface area contributed by atoms with Gasteiger partial charge in [-0.2, -0.15) is 22.0 Å². The van der Waals surface area contributed by atoms with Crippen molar-refractivity contribution in [2.24, 2.45) is 0 Å². The van der Waals surface area contributed by atoms with Crippen LogP contribution in [0.1, 0.15) is 15.9 Å². The molecule has 0 aliphatic carbocycles. The lowest BCUT2D eigenvalue weighted by Crippen LogP contribution is -2.44. The van der Waals surface area contributed by atoms with Crippen LogP contribution in [0.25, 0.3) is 10.9 Å². The Kier molecular flexibility index (Phi) is 6.68. The molecular weight excluding hydrogens is 488 g/mol. The summed E-state index contributed by atoms with van der Waals surface area (Å²) in [5.41, 5.74) is -7.28. The van der Waals surface area contributed by atoms with Gasteiger partial charge in [-0.15, -0.1) is 0 Å². The van der Waals surface area contributed by atoms with Crippen LogP contribution >= 0.6 is 11.6 Å². The number of carbonyl (C=O) groups is 1. The second-order valence-corrected chi connectivity index (χ2v) is 6.99. The van der Waals surface area contributed by atoms with Gasteiger partial charge < -0.3 is 10.1 Å². The summed E-state index contributed by atoms with van der Waals surface area (Å²) in [5.74, 6) is -2.19. The first kappa shape index (κ1) is 24.5. The van der Waals surface area contributed by atoms with Gasteiger partial charge >= 0.3 is 12.8 Å². The number of aromatic nitrogens is 1. The number of nitrogens with zero attached hydrogens (tertiary/aromatic N) is 1. The molecule has 13 heteroatoms. The number of benzene rings is 2. The van der Waals surface area contributed by atoms with Crippen molar-refractivity contribution in [3.63, 3.8) is 0 Å². The first-order valence-electron chi connectivity index (χ1n) is 8.83. The fourth-order valence-electron chi connectivity index (χ4n) is 2.92. The van der Waals surface area contributed by atoms with Crippen molar-refractivity contribution in [1.82, 2.24) is 4.98 Å². The topological polar surface area (TPSA) is 51.2 Å². The number of hydrogen-bond donors (Lipinski definition) is 1. The zero-order valence-corrected chi connectivity index (χ0v) is 16.7. The highest BCUT2D eigenvalue weighted by Crippen LogP contribution is 2.50. The van der Waals surface area contributed by atoms with Crippen LogP contribution in [0.5, 0.6) is 5.75 Å². The van der Waals surface area contributed by atoms with E-state index in [0.717, 1.165) is 0 Å². The maximum atomic E-state index is 14.4. The average molecular weight is 499 g/mol. The molecule has 176 valence electrons. The Morgan fingerprint density at radius 2 is 1.73 bits per heavy atom. The summed E-state index contributed by atoms with van der Waals surface area (Å²) in [7, 11) is 0. The van der Waals surface area contributed by atoms with E-state index in [4.69, 9.17) is 11.6 Å². The van der Waals surface area contributed by atoms with Crippen LogP contribution in [-0.2, 0) is 5.67 Å². The van der Waals surface area contributed by atoms with Crippen molar-refractivity contribution in [2.45, 2.75) is 24.9 Å². The number of carbonyl (C=O) groups excluding carboxylic acids is 1. The first-order chi connectivity index (χ1) is 15.3. The van der Waals surface area contributed by atoms with Crippen molar-refractivity contribution < 1.29 is 44.7 Å². The first-order valence-corrected chi connectivity index (χ1v) is 9.21. The third-order valence-corrected chi connectivity index (χ3v) is 4.81. The Morgan fingerprint density at radius 3 is 2.33 bits per heavy atom. The summed E-state index contributed by atoms with van der Waals surface area (Å²) in [4.78, 5) is 16.6. The molecule has 1 aromatic heterocycles. The molecular formula is C20H11ClF8N2O2. The number of rotatable bonds is 6. The van der Waals surface area contributed by atoms with Crippen LogP contribution in [0.4, 0.5) is 40.8 Å². The number of pyridine rings is 1. The van der Waals surface area contributed by atoms with E-state index < -0.39 is 52.8 Å². The molecule has 0 spiro atoms. The monoisotopic (exact) mass is 498 g/mol. The van der Waals surface area contributed by atoms with Gasteiger partial charge in [0.2, 0.25) is 0 Å². The molecule has 0 saturated heterocycles. The third kappa shape index (κ3) is 4.80. The van der Waals surface area contributed by atoms with E-state index in [-0.39, 0.29) is 17.7 Å². The van der Waals surface area contributed by atoms with E-state index in [0.29, 0.717) is 10.9 Å². The van der Waals surface area contributed by atoms with Crippen LogP contribution in [0, 0.1) is 0 Å². The number of hydrogen-bond acceptors (Lipinski definition) is 3. The van der Waals surface area contributed by atoms with Crippen molar-refractivity contribution in [2.75, 3.05) is 5.32 Å². The minimum absolute atomic E-state index is 0.0163. The molecule has 0 bridgehead atoms. The van der Waals surface area contributed by atoms with E-state index >= 15 is 0 Å². The van der Waals surface area contributed by atoms with Gasteiger partial charge in [-0.1, -0.05) is 17.7 Å². The Labute approximate surface area is 185 Å². The number of ether oxygens (including phenoxy) is 1. The van der Waals surface area contributed by atoms with Crippen molar-refractivity contribution >= 4 is 34.1 Å². The zero-order valence-electron chi connectivity index (χ0n) is 15.9. The van der Waals surface area contributed by atoms with Gasteiger partial charge in [0.1, 0.15) is 5.69 Å². The minimum atomic E-state index is -6.11. The Bertz CT molecular complexity index is 1190. The van der Waals surface area contributed by atoms with Crippen LogP contribution < -0.4 is 10.1 Å². The number of fused-ring (bicyclic) bond motifs is 1. The van der Waals surface area contributed by atoms with E-state index in [1.54, 1.807) is 12.1 Å². The van der Waals surface area contributed by atoms with Crippen molar-refractivity contribution in [3.05, 3.63) is 64.8 Å². The van der Waals surface area contributed by atoms with Gasteiger partial charge in [0.05, 0.1) is 10.5 Å². The molecule has 1 amide bonds. The van der Waals surface area contributed by atoms with Gasteiger partial charge in [0, 0.05) is 22.7 Å². The van der Waals surface area contributed by atoms with Crippen molar-refractivity contribution in [1.29, 1.82) is 0 Å². The second kappa shape index (κ2) is 9.00. The molecule has 4 nitrogen and oxygen atoms in total. The maximum absolute atomic E-state index is 14.4. The highest BCUT2D eigenvalue weighted by molar-refractivity contribution is 6.34. The third-order valence-electron chi connectivity index (χ3n) is 4.51. The minimum Gasteiger partial charge on any atom is -0.433 e. The summed E-state index contributed by atoms with van der Waals surface area (Å²) < 4.78 is 109. The largest absolute Gasteiger partial charge is 0.433 e. The molecule has 1 N–H and O–H groups in total. The molecule has 0 radical (unpaired) electrons. The Morgan fingerprint density at radius 1 is 1.03 bits per heavy atom. The normalized spacial score (nSPS) is 13.9. The number of nitrogens with one attached hydrogen (secondary N) is 1. The fourth-order valence-corrected chi connectivity index (χ4v) is 3.18. The van der Waals surface area contributed by atoms with Crippen molar-refractivity contribution in [3.8, 4) is 5.75 Å². The smallest absolute Gasteiger partial charge is 0.432 e. The summed E-state index contributed by atoms with van der Waals surface area (Å²) in [6, 6.07) is 7.50.